The molecule has 2 N–H and O–H groups in total. The van der Waals surface area contributed by atoms with Gasteiger partial charge in [-0.3, -0.25) is 4.57 Å². The van der Waals surface area contributed by atoms with Gasteiger partial charge in [-0.25, -0.2) is 13.1 Å². The number of aromatic amines is 1. The lowest BCUT2D eigenvalue weighted by atomic mass is 10.1. The van der Waals surface area contributed by atoms with Gasteiger partial charge in [0.1, 0.15) is 5.75 Å². The van der Waals surface area contributed by atoms with E-state index in [1.54, 1.807) is 25.3 Å². The maximum absolute atomic E-state index is 13.2. The molecule has 168 valence electrons. The number of nitrogens with zero attached hydrogens (tertiary/aromatic N) is 3. The van der Waals surface area contributed by atoms with Crippen LogP contribution in [0.4, 0.5) is 0 Å². The van der Waals surface area contributed by atoms with Crippen LogP contribution in [0.1, 0.15) is 42.4 Å². The summed E-state index contributed by atoms with van der Waals surface area (Å²) in [6.45, 7) is 9.77. The van der Waals surface area contributed by atoms with Gasteiger partial charge in [-0.15, -0.1) is 5.10 Å². The quantitative estimate of drug-likeness (QED) is 0.428. The first-order valence-corrected chi connectivity index (χ1v) is 12.0. The van der Waals surface area contributed by atoms with Gasteiger partial charge in [0.2, 0.25) is 10.0 Å². The standard InChI is InChI=1S/C23H27N5O3S/c1-6-28-22(17(5)27-32(29,30)21-15(3)11-14(2)12-16(21)4)25-26-23(28)31-19-8-7-18-9-10-24-20(18)13-19/h7-13,17,24,27H,6H2,1-5H3/t17-/m1/s1. The highest BCUT2D eigenvalue weighted by molar-refractivity contribution is 7.89. The van der Waals surface area contributed by atoms with Crippen molar-refractivity contribution in [2.45, 2.75) is 52.1 Å². The molecule has 9 heteroatoms. The zero-order valence-electron chi connectivity index (χ0n) is 18.8. The third-order valence-electron chi connectivity index (χ3n) is 5.39. The van der Waals surface area contributed by atoms with E-state index in [0.29, 0.717) is 40.2 Å². The third-order valence-corrected chi connectivity index (χ3v) is 7.24. The number of ether oxygens (including phenoxy) is 1. The van der Waals surface area contributed by atoms with Gasteiger partial charge in [0.25, 0.3) is 0 Å². The lowest BCUT2D eigenvalue weighted by Crippen LogP contribution is -2.30. The fourth-order valence-corrected chi connectivity index (χ4v) is 5.78. The Morgan fingerprint density at radius 2 is 1.81 bits per heavy atom. The van der Waals surface area contributed by atoms with E-state index in [4.69, 9.17) is 4.74 Å². The molecule has 8 nitrogen and oxygen atoms in total. The molecule has 2 heterocycles. The molecule has 0 saturated carbocycles. The molecule has 2 aromatic heterocycles. The van der Waals surface area contributed by atoms with Crippen LogP contribution in [0.15, 0.2) is 47.5 Å². The first-order valence-electron chi connectivity index (χ1n) is 10.5. The summed E-state index contributed by atoms with van der Waals surface area (Å²) in [5.41, 5.74) is 3.40. The normalized spacial score (nSPS) is 12.9. The van der Waals surface area contributed by atoms with E-state index in [2.05, 4.69) is 19.9 Å². The van der Waals surface area contributed by atoms with E-state index in [-0.39, 0.29) is 0 Å². The van der Waals surface area contributed by atoms with Crippen LogP contribution in [0.2, 0.25) is 0 Å². The summed E-state index contributed by atoms with van der Waals surface area (Å²) in [6, 6.07) is 11.1. The zero-order valence-corrected chi connectivity index (χ0v) is 19.6. The SMILES string of the molecule is CCn1c(Oc2ccc3cc[nH]c3c2)nnc1[C@@H](C)NS(=O)(=O)c1c(C)cc(C)cc1C. The highest BCUT2D eigenvalue weighted by atomic mass is 32.2. The molecule has 0 bridgehead atoms. The van der Waals surface area contributed by atoms with Crippen molar-refractivity contribution in [1.29, 1.82) is 0 Å². The fraction of sp³-hybridized carbons (Fsp3) is 0.304. The molecule has 1 atom stereocenters. The highest BCUT2D eigenvalue weighted by Gasteiger charge is 2.26. The molecule has 4 rings (SSSR count). The Morgan fingerprint density at radius 1 is 1.09 bits per heavy atom. The van der Waals surface area contributed by atoms with Gasteiger partial charge in [0.15, 0.2) is 5.82 Å². The molecule has 2 aromatic carbocycles. The van der Waals surface area contributed by atoms with Gasteiger partial charge in [-0.2, -0.15) is 0 Å². The zero-order chi connectivity index (χ0) is 23.0. The van der Waals surface area contributed by atoms with E-state index in [1.807, 2.05) is 56.4 Å². The molecule has 0 unspecified atom stereocenters. The highest BCUT2D eigenvalue weighted by Crippen LogP contribution is 2.27. The second-order valence-corrected chi connectivity index (χ2v) is 9.64. The summed E-state index contributed by atoms with van der Waals surface area (Å²) < 4.78 is 36.8. The molecule has 0 amide bonds. The molecule has 0 radical (unpaired) electrons. The van der Waals surface area contributed by atoms with Crippen LogP contribution in [0.3, 0.4) is 0 Å². The van der Waals surface area contributed by atoms with Crippen LogP contribution in [-0.4, -0.2) is 28.2 Å². The number of hydrogen-bond donors (Lipinski definition) is 2. The van der Waals surface area contributed by atoms with Crippen molar-refractivity contribution >= 4 is 20.9 Å². The predicted molar refractivity (Wildman–Crippen MR) is 123 cm³/mol. The Morgan fingerprint density at radius 3 is 2.50 bits per heavy atom. The molecule has 0 aliphatic rings. The van der Waals surface area contributed by atoms with E-state index < -0.39 is 16.1 Å². The van der Waals surface area contributed by atoms with Gasteiger partial charge < -0.3 is 9.72 Å². The average molecular weight is 454 g/mol. The number of sulfonamides is 1. The molecule has 0 aliphatic heterocycles. The van der Waals surface area contributed by atoms with E-state index in [1.165, 1.54) is 0 Å². The first kappa shape index (κ1) is 22.0. The first-order chi connectivity index (χ1) is 15.2. The molecule has 4 aromatic rings. The molecule has 0 saturated heterocycles. The van der Waals surface area contributed by atoms with Gasteiger partial charge in [0, 0.05) is 24.3 Å². The molecular formula is C23H27N5O3S. The van der Waals surface area contributed by atoms with Gasteiger partial charge >= 0.3 is 6.01 Å². The number of aryl methyl sites for hydroxylation is 3. The molecule has 0 spiro atoms. The Hall–Kier alpha value is -3.17. The van der Waals surface area contributed by atoms with Crippen molar-refractivity contribution in [2.24, 2.45) is 0 Å². The van der Waals surface area contributed by atoms with E-state index in [9.17, 15) is 8.42 Å². The largest absolute Gasteiger partial charge is 0.424 e. The summed E-state index contributed by atoms with van der Waals surface area (Å²) in [6.07, 6.45) is 1.87. The summed E-state index contributed by atoms with van der Waals surface area (Å²) in [5.74, 6) is 1.10. The minimum absolute atomic E-state index is 0.299. The fourth-order valence-electron chi connectivity index (χ4n) is 4.12. The maximum atomic E-state index is 13.2. The van der Waals surface area contributed by atoms with Crippen LogP contribution < -0.4 is 9.46 Å². The average Bonchev–Trinajstić information content (AvgIpc) is 3.32. The van der Waals surface area contributed by atoms with Crippen molar-refractivity contribution in [2.75, 3.05) is 0 Å². The maximum Gasteiger partial charge on any atom is 0.322 e. The van der Waals surface area contributed by atoms with Crippen LogP contribution in [-0.2, 0) is 16.6 Å². The second-order valence-electron chi connectivity index (χ2n) is 7.98. The Labute approximate surface area is 187 Å². The van der Waals surface area contributed by atoms with Gasteiger partial charge in [-0.05, 0) is 69.3 Å². The predicted octanol–water partition coefficient (Wildman–Crippen LogP) is 4.54. The minimum atomic E-state index is -3.75. The van der Waals surface area contributed by atoms with Crippen LogP contribution >= 0.6 is 0 Å². The van der Waals surface area contributed by atoms with Gasteiger partial charge in [-0.1, -0.05) is 22.8 Å². The smallest absolute Gasteiger partial charge is 0.322 e. The molecule has 0 aliphatic carbocycles. The minimum Gasteiger partial charge on any atom is -0.424 e. The number of nitrogens with one attached hydrogen (secondary N) is 2. The van der Waals surface area contributed by atoms with Crippen LogP contribution in [0.25, 0.3) is 10.9 Å². The number of hydrogen-bond acceptors (Lipinski definition) is 5. The molecule has 0 fully saturated rings. The number of rotatable bonds is 7. The van der Waals surface area contributed by atoms with Crippen molar-refractivity contribution < 1.29 is 13.2 Å². The van der Waals surface area contributed by atoms with Gasteiger partial charge in [0.05, 0.1) is 10.9 Å². The summed E-state index contributed by atoms with van der Waals surface area (Å²) >= 11 is 0. The topological polar surface area (TPSA) is 102 Å². The Balaban J connectivity index is 1.60. The van der Waals surface area contributed by atoms with Crippen molar-refractivity contribution in [3.8, 4) is 11.8 Å². The Bertz CT molecular complexity index is 1360. The van der Waals surface area contributed by atoms with Crippen LogP contribution in [0, 0.1) is 20.8 Å². The van der Waals surface area contributed by atoms with Crippen molar-refractivity contribution in [3.05, 3.63) is 65.1 Å². The lowest BCUT2D eigenvalue weighted by molar-refractivity contribution is 0.408. The van der Waals surface area contributed by atoms with Crippen LogP contribution in [0.5, 0.6) is 11.8 Å². The monoisotopic (exact) mass is 453 g/mol. The number of fused-ring (bicyclic) bond motifs is 1. The number of benzene rings is 2. The lowest BCUT2D eigenvalue weighted by Gasteiger charge is -2.18. The van der Waals surface area contributed by atoms with Crippen molar-refractivity contribution in [1.82, 2.24) is 24.5 Å². The second kappa shape index (κ2) is 8.40. The number of aromatic nitrogens is 4. The Kier molecular flexibility index (Phi) is 5.79. The molecular weight excluding hydrogens is 426 g/mol. The van der Waals surface area contributed by atoms with E-state index in [0.717, 1.165) is 16.5 Å². The number of H-pyrrole nitrogens is 1. The molecule has 32 heavy (non-hydrogen) atoms. The summed E-state index contributed by atoms with van der Waals surface area (Å²) in [4.78, 5) is 3.45. The van der Waals surface area contributed by atoms with E-state index >= 15 is 0 Å². The summed E-state index contributed by atoms with van der Waals surface area (Å²) in [7, 11) is -3.75. The van der Waals surface area contributed by atoms with Crippen molar-refractivity contribution in [3.63, 3.8) is 0 Å². The third kappa shape index (κ3) is 4.13. The summed E-state index contributed by atoms with van der Waals surface area (Å²) in [5, 5.41) is 9.47.